The predicted octanol–water partition coefficient (Wildman–Crippen LogP) is 2.17. The highest BCUT2D eigenvalue weighted by Crippen LogP contribution is 2.20. The highest BCUT2D eigenvalue weighted by atomic mass is 16.2. The first kappa shape index (κ1) is 14.5. The second-order valence-corrected chi connectivity index (χ2v) is 6.40. The van der Waals surface area contributed by atoms with Crippen LogP contribution in [0.25, 0.3) is 0 Å². The fourth-order valence-electron chi connectivity index (χ4n) is 2.63. The third kappa shape index (κ3) is 3.70. The molecule has 0 aromatic carbocycles. The maximum atomic E-state index is 12.0. The van der Waals surface area contributed by atoms with Gasteiger partial charge in [-0.2, -0.15) is 0 Å². The Bertz CT molecular complexity index is 261. The lowest BCUT2D eigenvalue weighted by atomic mass is 9.85. The summed E-state index contributed by atoms with van der Waals surface area (Å²) < 4.78 is 0. The number of piperazine rings is 1. The van der Waals surface area contributed by atoms with E-state index in [0.717, 1.165) is 6.42 Å². The van der Waals surface area contributed by atoms with Gasteiger partial charge in [0.05, 0.1) is 6.04 Å². The molecule has 0 aliphatic carbocycles. The summed E-state index contributed by atoms with van der Waals surface area (Å²) in [6.45, 7) is 13.0. The lowest BCUT2D eigenvalue weighted by molar-refractivity contribution is -0.128. The molecule has 0 unspecified atom stereocenters. The van der Waals surface area contributed by atoms with Crippen molar-refractivity contribution in [1.82, 2.24) is 10.6 Å². The molecule has 1 aliphatic heterocycles. The molecule has 0 saturated carbocycles. The number of nitrogens with one attached hydrogen (secondary N) is 2. The van der Waals surface area contributed by atoms with Gasteiger partial charge in [-0.05, 0) is 24.2 Å². The van der Waals surface area contributed by atoms with Crippen LogP contribution in [0, 0.1) is 17.8 Å². The van der Waals surface area contributed by atoms with Gasteiger partial charge in [0.25, 0.3) is 0 Å². The summed E-state index contributed by atoms with van der Waals surface area (Å²) in [7, 11) is 0. The van der Waals surface area contributed by atoms with E-state index in [1.165, 1.54) is 0 Å². The molecule has 0 aromatic rings. The fourth-order valence-corrected chi connectivity index (χ4v) is 2.63. The Morgan fingerprint density at radius 1 is 1.06 bits per heavy atom. The molecule has 0 spiro atoms. The Morgan fingerprint density at radius 3 is 2.06 bits per heavy atom. The smallest absolute Gasteiger partial charge is 0.237 e. The quantitative estimate of drug-likeness (QED) is 0.790. The van der Waals surface area contributed by atoms with Crippen LogP contribution in [0.1, 0.15) is 48.0 Å². The van der Waals surface area contributed by atoms with E-state index in [1.807, 2.05) is 0 Å². The van der Waals surface area contributed by atoms with Gasteiger partial charge < -0.3 is 10.6 Å². The van der Waals surface area contributed by atoms with Gasteiger partial charge in [0.2, 0.25) is 5.91 Å². The molecule has 1 heterocycles. The zero-order valence-electron chi connectivity index (χ0n) is 12.1. The fraction of sp³-hybridized carbons (Fsp3) is 0.929. The van der Waals surface area contributed by atoms with Crippen LogP contribution in [0.15, 0.2) is 0 Å². The first-order chi connectivity index (χ1) is 7.82. The molecule has 1 aliphatic rings. The normalized spacial score (nSPS) is 30.2. The average molecular weight is 240 g/mol. The number of amides is 1. The first-order valence-electron chi connectivity index (χ1n) is 6.89. The monoisotopic (exact) mass is 240 g/mol. The van der Waals surface area contributed by atoms with Crippen molar-refractivity contribution >= 4 is 5.91 Å². The van der Waals surface area contributed by atoms with Crippen LogP contribution >= 0.6 is 0 Å². The summed E-state index contributed by atoms with van der Waals surface area (Å²) in [5.74, 6) is 1.67. The Morgan fingerprint density at radius 2 is 1.65 bits per heavy atom. The third-order valence-corrected chi connectivity index (χ3v) is 3.53. The summed E-state index contributed by atoms with van der Waals surface area (Å²) in [5.41, 5.74) is 0. The van der Waals surface area contributed by atoms with Gasteiger partial charge >= 0.3 is 0 Å². The Balaban J connectivity index is 2.76. The highest BCUT2D eigenvalue weighted by Gasteiger charge is 2.37. The average Bonchev–Trinajstić information content (AvgIpc) is 2.15. The van der Waals surface area contributed by atoms with Crippen molar-refractivity contribution in [1.29, 1.82) is 0 Å². The van der Waals surface area contributed by atoms with Crippen LogP contribution in [0.5, 0.6) is 0 Å². The van der Waals surface area contributed by atoms with Gasteiger partial charge in [0, 0.05) is 12.1 Å². The van der Waals surface area contributed by atoms with Crippen molar-refractivity contribution in [2.45, 2.75) is 66.1 Å². The zero-order valence-corrected chi connectivity index (χ0v) is 12.1. The minimum atomic E-state index is -0.0363. The largest absolute Gasteiger partial charge is 0.350 e. The Hall–Kier alpha value is -0.570. The molecule has 2 N–H and O–H groups in total. The SMILES string of the molecule is CC(C)C[C@@H]1NC(=O)[C@H](C(C)C)N[C@@H]1C(C)C. The van der Waals surface area contributed by atoms with Crippen LogP contribution in [-0.4, -0.2) is 24.0 Å². The molecule has 0 radical (unpaired) electrons. The number of hydrogen-bond donors (Lipinski definition) is 2. The van der Waals surface area contributed by atoms with Crippen LogP contribution in [0.4, 0.5) is 0 Å². The predicted molar refractivity (Wildman–Crippen MR) is 71.8 cm³/mol. The minimum absolute atomic E-state index is 0.0363. The van der Waals surface area contributed by atoms with Crippen molar-refractivity contribution in [2.75, 3.05) is 0 Å². The first-order valence-corrected chi connectivity index (χ1v) is 6.89. The van der Waals surface area contributed by atoms with E-state index in [2.05, 4.69) is 52.2 Å². The minimum Gasteiger partial charge on any atom is -0.350 e. The van der Waals surface area contributed by atoms with Gasteiger partial charge in [-0.25, -0.2) is 0 Å². The van der Waals surface area contributed by atoms with E-state index in [-0.39, 0.29) is 18.0 Å². The molecule has 0 bridgehead atoms. The molecule has 3 atom stereocenters. The lowest BCUT2D eigenvalue weighted by Gasteiger charge is -2.42. The second kappa shape index (κ2) is 5.85. The standard InChI is InChI=1S/C14H28N2O/c1-8(2)7-11-12(9(3)4)16-13(10(5)6)14(17)15-11/h8-13,16H,7H2,1-6H3,(H,15,17)/t11-,12+,13-/m0/s1. The van der Waals surface area contributed by atoms with E-state index in [9.17, 15) is 4.79 Å². The molecule has 17 heavy (non-hydrogen) atoms. The van der Waals surface area contributed by atoms with Crippen molar-refractivity contribution in [3.05, 3.63) is 0 Å². The van der Waals surface area contributed by atoms with Crippen molar-refractivity contribution < 1.29 is 4.79 Å². The molecule has 0 aromatic heterocycles. The Labute approximate surface area is 106 Å². The summed E-state index contributed by atoms with van der Waals surface area (Å²) >= 11 is 0. The molecule has 1 saturated heterocycles. The highest BCUT2D eigenvalue weighted by molar-refractivity contribution is 5.83. The summed E-state index contributed by atoms with van der Waals surface area (Å²) in [6, 6.07) is 0.630. The van der Waals surface area contributed by atoms with E-state index < -0.39 is 0 Å². The molecule has 100 valence electrons. The molecule has 1 fully saturated rings. The lowest BCUT2D eigenvalue weighted by Crippen LogP contribution is -2.66. The summed E-state index contributed by atoms with van der Waals surface area (Å²) in [5, 5.41) is 6.75. The maximum Gasteiger partial charge on any atom is 0.237 e. The van der Waals surface area contributed by atoms with Gasteiger partial charge in [0.15, 0.2) is 0 Å². The number of carbonyl (C=O) groups excluding carboxylic acids is 1. The van der Waals surface area contributed by atoms with Crippen molar-refractivity contribution in [3.8, 4) is 0 Å². The molecule has 1 amide bonds. The topological polar surface area (TPSA) is 41.1 Å². The molecular weight excluding hydrogens is 212 g/mol. The van der Waals surface area contributed by atoms with Gasteiger partial charge in [-0.3, -0.25) is 4.79 Å². The van der Waals surface area contributed by atoms with Crippen LogP contribution in [-0.2, 0) is 4.79 Å². The zero-order chi connectivity index (χ0) is 13.2. The molecule has 3 nitrogen and oxygen atoms in total. The molecular formula is C14H28N2O. The van der Waals surface area contributed by atoms with E-state index in [0.29, 0.717) is 23.8 Å². The van der Waals surface area contributed by atoms with E-state index in [4.69, 9.17) is 0 Å². The number of rotatable bonds is 4. The third-order valence-electron chi connectivity index (χ3n) is 3.53. The summed E-state index contributed by atoms with van der Waals surface area (Å²) in [6.07, 6.45) is 1.05. The van der Waals surface area contributed by atoms with Crippen molar-refractivity contribution in [2.24, 2.45) is 17.8 Å². The molecule has 1 rings (SSSR count). The van der Waals surface area contributed by atoms with E-state index >= 15 is 0 Å². The van der Waals surface area contributed by atoms with Gasteiger partial charge in [0.1, 0.15) is 0 Å². The number of hydrogen-bond acceptors (Lipinski definition) is 2. The van der Waals surface area contributed by atoms with Crippen LogP contribution in [0.2, 0.25) is 0 Å². The second-order valence-electron chi connectivity index (χ2n) is 6.40. The Kier molecular flexibility index (Phi) is 4.99. The maximum absolute atomic E-state index is 12.0. The summed E-state index contributed by atoms with van der Waals surface area (Å²) in [4.78, 5) is 12.0. The number of carbonyl (C=O) groups is 1. The van der Waals surface area contributed by atoms with Crippen LogP contribution in [0.3, 0.4) is 0 Å². The van der Waals surface area contributed by atoms with Gasteiger partial charge in [-0.1, -0.05) is 41.5 Å². The van der Waals surface area contributed by atoms with Crippen LogP contribution < -0.4 is 10.6 Å². The molecule has 3 heteroatoms. The van der Waals surface area contributed by atoms with Gasteiger partial charge in [-0.15, -0.1) is 0 Å². The van der Waals surface area contributed by atoms with E-state index in [1.54, 1.807) is 0 Å². The van der Waals surface area contributed by atoms with Crippen molar-refractivity contribution in [3.63, 3.8) is 0 Å².